The van der Waals surface area contributed by atoms with Crippen molar-refractivity contribution in [1.82, 2.24) is 14.2 Å². The largest absolute Gasteiger partial charge is 0.354 e. The van der Waals surface area contributed by atoms with Gasteiger partial charge in [0, 0.05) is 50.2 Å². The molecule has 3 aromatic rings. The Morgan fingerprint density at radius 2 is 1.56 bits per heavy atom. The molecule has 1 fully saturated rings. The fourth-order valence-electron chi connectivity index (χ4n) is 4.54. The Kier molecular flexibility index (Phi) is 8.93. The number of hydrogen-bond acceptors (Lipinski definition) is 5. The number of likely N-dealkylation sites (N-methyl/N-ethyl adjacent to an activating group) is 1. The number of nitrogens with zero attached hydrogens (tertiary/aromatic N) is 4. The molecule has 0 bridgehead atoms. The van der Waals surface area contributed by atoms with E-state index in [1.807, 2.05) is 38.1 Å². The number of aromatic nitrogens is 1. The van der Waals surface area contributed by atoms with Crippen LogP contribution < -0.4 is 4.90 Å². The number of sulfonamides is 1. The molecule has 1 aliphatic rings. The molecule has 0 unspecified atom stereocenters. The highest BCUT2D eigenvalue weighted by atomic mass is 35.5. The summed E-state index contributed by atoms with van der Waals surface area (Å²) in [6.45, 7) is 12.1. The van der Waals surface area contributed by atoms with Gasteiger partial charge in [-0.05, 0) is 23.6 Å². The van der Waals surface area contributed by atoms with E-state index < -0.39 is 10.0 Å². The van der Waals surface area contributed by atoms with Gasteiger partial charge in [-0.1, -0.05) is 69.3 Å². The Hall–Kier alpha value is -2.19. The quantitative estimate of drug-likeness (QED) is 0.449. The van der Waals surface area contributed by atoms with Gasteiger partial charge in [-0.2, -0.15) is 0 Å². The van der Waals surface area contributed by atoms with Crippen molar-refractivity contribution in [3.8, 4) is 11.3 Å². The standard InChI is InChI=1S/C26H34N4O2S.ClH/c1-4-28-15-17-29(18-16-28)26-24-10-8-7-9-23(24)19-25(27-26)22-13-11-21(12-14-22)20-33(31,32)30(5-2)6-3;/h7-14,19H,4-6,15-18,20H2,1-3H3;1H. The normalized spacial score (nSPS) is 15.0. The van der Waals surface area contributed by atoms with Crippen LogP contribution in [0.15, 0.2) is 54.6 Å². The third-order valence-corrected chi connectivity index (χ3v) is 8.54. The summed E-state index contributed by atoms with van der Waals surface area (Å²) >= 11 is 0. The summed E-state index contributed by atoms with van der Waals surface area (Å²) in [6.07, 6.45) is 0. The maximum Gasteiger partial charge on any atom is 0.218 e. The monoisotopic (exact) mass is 502 g/mol. The first-order chi connectivity index (χ1) is 15.9. The minimum absolute atomic E-state index is 0. The molecule has 0 radical (unpaired) electrons. The fourth-order valence-corrected chi connectivity index (χ4v) is 6.12. The average molecular weight is 503 g/mol. The number of benzene rings is 2. The predicted molar refractivity (Wildman–Crippen MR) is 144 cm³/mol. The number of halogens is 1. The zero-order valence-electron chi connectivity index (χ0n) is 20.3. The summed E-state index contributed by atoms with van der Waals surface area (Å²) in [4.78, 5) is 9.94. The van der Waals surface area contributed by atoms with Gasteiger partial charge in [0.15, 0.2) is 0 Å². The molecule has 0 spiro atoms. The van der Waals surface area contributed by atoms with Gasteiger partial charge in [-0.25, -0.2) is 17.7 Å². The molecule has 184 valence electrons. The van der Waals surface area contributed by atoms with Crippen molar-refractivity contribution in [2.75, 3.05) is 50.7 Å². The van der Waals surface area contributed by atoms with E-state index >= 15 is 0 Å². The van der Waals surface area contributed by atoms with Crippen LogP contribution in [0.1, 0.15) is 26.3 Å². The van der Waals surface area contributed by atoms with Crippen LogP contribution in [-0.2, 0) is 15.8 Å². The lowest BCUT2D eigenvalue weighted by atomic mass is 10.0. The number of rotatable bonds is 8. The number of anilines is 1. The summed E-state index contributed by atoms with van der Waals surface area (Å²) in [6, 6.07) is 18.3. The maximum atomic E-state index is 12.6. The summed E-state index contributed by atoms with van der Waals surface area (Å²) in [5.41, 5.74) is 2.71. The predicted octanol–water partition coefficient (Wildman–Crippen LogP) is 4.64. The molecular weight excluding hydrogens is 468 g/mol. The van der Waals surface area contributed by atoms with Crippen molar-refractivity contribution in [3.05, 3.63) is 60.2 Å². The van der Waals surface area contributed by atoms with E-state index in [2.05, 4.69) is 47.1 Å². The maximum absolute atomic E-state index is 12.6. The van der Waals surface area contributed by atoms with E-state index in [9.17, 15) is 8.42 Å². The highest BCUT2D eigenvalue weighted by Gasteiger charge is 2.21. The third-order valence-electron chi connectivity index (χ3n) is 6.54. The molecule has 0 aliphatic carbocycles. The van der Waals surface area contributed by atoms with Crippen molar-refractivity contribution in [2.45, 2.75) is 26.5 Å². The second kappa shape index (κ2) is 11.5. The minimum Gasteiger partial charge on any atom is -0.354 e. The number of pyridine rings is 1. The lowest BCUT2D eigenvalue weighted by Crippen LogP contribution is -2.46. The van der Waals surface area contributed by atoms with Crippen molar-refractivity contribution in [1.29, 1.82) is 0 Å². The molecular formula is C26H35ClN4O2S. The second-order valence-electron chi connectivity index (χ2n) is 8.51. The number of piperazine rings is 1. The van der Waals surface area contributed by atoms with Gasteiger partial charge in [0.1, 0.15) is 5.82 Å². The first-order valence-corrected chi connectivity index (χ1v) is 13.5. The van der Waals surface area contributed by atoms with E-state index in [1.165, 1.54) is 15.1 Å². The lowest BCUT2D eigenvalue weighted by Gasteiger charge is -2.35. The van der Waals surface area contributed by atoms with Gasteiger partial charge < -0.3 is 9.80 Å². The Balaban J connectivity index is 0.00000324. The van der Waals surface area contributed by atoms with Crippen molar-refractivity contribution >= 4 is 39.0 Å². The molecule has 6 nitrogen and oxygen atoms in total. The van der Waals surface area contributed by atoms with Crippen LogP contribution >= 0.6 is 12.4 Å². The van der Waals surface area contributed by atoms with Gasteiger partial charge >= 0.3 is 0 Å². The van der Waals surface area contributed by atoms with Gasteiger partial charge in [-0.15, -0.1) is 12.4 Å². The van der Waals surface area contributed by atoms with Crippen LogP contribution in [0.5, 0.6) is 0 Å². The van der Waals surface area contributed by atoms with Crippen molar-refractivity contribution < 1.29 is 8.42 Å². The van der Waals surface area contributed by atoms with Crippen LogP contribution in [0.2, 0.25) is 0 Å². The van der Waals surface area contributed by atoms with E-state index in [0.29, 0.717) is 13.1 Å². The van der Waals surface area contributed by atoms with Crippen LogP contribution in [-0.4, -0.2) is 68.4 Å². The molecule has 1 aromatic heterocycles. The van der Waals surface area contributed by atoms with E-state index in [4.69, 9.17) is 4.98 Å². The third kappa shape index (κ3) is 5.71. The molecule has 1 saturated heterocycles. The first kappa shape index (κ1) is 26.4. The van der Waals surface area contributed by atoms with E-state index in [1.54, 1.807) is 0 Å². The molecule has 0 N–H and O–H groups in total. The van der Waals surface area contributed by atoms with Crippen molar-refractivity contribution in [3.63, 3.8) is 0 Å². The van der Waals surface area contributed by atoms with Gasteiger partial charge in [0.2, 0.25) is 10.0 Å². The molecule has 0 amide bonds. The zero-order valence-corrected chi connectivity index (χ0v) is 21.9. The van der Waals surface area contributed by atoms with Crippen LogP contribution in [0.4, 0.5) is 5.82 Å². The number of hydrogen-bond donors (Lipinski definition) is 0. The second-order valence-corrected chi connectivity index (χ2v) is 10.5. The summed E-state index contributed by atoms with van der Waals surface area (Å²) in [5, 5.41) is 2.34. The molecule has 0 saturated carbocycles. The Morgan fingerprint density at radius 3 is 2.18 bits per heavy atom. The fraction of sp³-hybridized carbons (Fsp3) is 0.423. The van der Waals surface area contributed by atoms with Crippen LogP contribution in [0.3, 0.4) is 0 Å². The highest BCUT2D eigenvalue weighted by molar-refractivity contribution is 7.88. The highest BCUT2D eigenvalue weighted by Crippen LogP contribution is 2.31. The molecule has 2 heterocycles. The lowest BCUT2D eigenvalue weighted by molar-refractivity contribution is 0.271. The van der Waals surface area contributed by atoms with E-state index in [-0.39, 0.29) is 18.2 Å². The van der Waals surface area contributed by atoms with Gasteiger partial charge in [-0.3, -0.25) is 0 Å². The summed E-state index contributed by atoms with van der Waals surface area (Å²) < 4.78 is 26.8. The Labute approximate surface area is 210 Å². The summed E-state index contributed by atoms with van der Waals surface area (Å²) in [5.74, 6) is 1.06. The summed E-state index contributed by atoms with van der Waals surface area (Å²) in [7, 11) is -3.30. The smallest absolute Gasteiger partial charge is 0.218 e. The Morgan fingerprint density at radius 1 is 0.912 bits per heavy atom. The Bertz CT molecular complexity index is 1190. The molecule has 0 atom stereocenters. The van der Waals surface area contributed by atoms with Crippen LogP contribution in [0.25, 0.3) is 22.0 Å². The minimum atomic E-state index is -3.30. The number of fused-ring (bicyclic) bond motifs is 1. The molecule has 2 aromatic carbocycles. The van der Waals surface area contributed by atoms with Crippen LogP contribution in [0, 0.1) is 0 Å². The zero-order chi connectivity index (χ0) is 23.4. The SMILES string of the molecule is CCN1CCN(c2nc(-c3ccc(CS(=O)(=O)N(CC)CC)cc3)cc3ccccc23)CC1.Cl. The van der Waals surface area contributed by atoms with E-state index in [0.717, 1.165) is 55.4 Å². The molecule has 4 rings (SSSR count). The molecule has 1 aliphatic heterocycles. The molecule has 34 heavy (non-hydrogen) atoms. The van der Waals surface area contributed by atoms with Gasteiger partial charge in [0.05, 0.1) is 11.4 Å². The average Bonchev–Trinajstić information content (AvgIpc) is 2.84. The van der Waals surface area contributed by atoms with Crippen molar-refractivity contribution in [2.24, 2.45) is 0 Å². The van der Waals surface area contributed by atoms with Gasteiger partial charge in [0.25, 0.3) is 0 Å². The molecule has 8 heteroatoms. The first-order valence-electron chi connectivity index (χ1n) is 11.9. The topological polar surface area (TPSA) is 56.8 Å².